The molecular weight excluding hydrogens is 305 g/mol. The summed E-state index contributed by atoms with van der Waals surface area (Å²) in [5, 5.41) is 4.22. The average molecular weight is 322 g/mol. The van der Waals surface area contributed by atoms with Crippen molar-refractivity contribution >= 4 is 23.4 Å². The highest BCUT2D eigenvalue weighted by molar-refractivity contribution is 7.98. The Balaban J connectivity index is 1.84. The van der Waals surface area contributed by atoms with Gasteiger partial charge < -0.3 is 5.32 Å². The maximum Gasteiger partial charge on any atom is 0.123 e. The predicted octanol–water partition coefficient (Wildman–Crippen LogP) is 4.46. The van der Waals surface area contributed by atoms with Crippen molar-refractivity contribution < 1.29 is 4.39 Å². The van der Waals surface area contributed by atoms with Crippen molar-refractivity contribution in [1.82, 2.24) is 5.32 Å². The summed E-state index contributed by atoms with van der Waals surface area (Å²) in [6, 6.07) is 10.9. The van der Waals surface area contributed by atoms with E-state index in [4.69, 9.17) is 11.6 Å². The van der Waals surface area contributed by atoms with Gasteiger partial charge in [0, 0.05) is 10.6 Å². The molecule has 0 bridgehead atoms. The largest absolute Gasteiger partial charge is 0.316 e. The summed E-state index contributed by atoms with van der Waals surface area (Å²) in [5.74, 6) is 0.553. The molecule has 21 heavy (non-hydrogen) atoms. The van der Waals surface area contributed by atoms with Crippen LogP contribution in [-0.2, 0) is 18.6 Å². The fraction of sp³-hybridized carbons (Fsp3) is 0.294. The third-order valence-electron chi connectivity index (χ3n) is 3.70. The molecule has 0 fully saturated rings. The molecule has 1 aliphatic rings. The Morgan fingerprint density at radius 1 is 1.14 bits per heavy atom. The molecule has 1 aliphatic heterocycles. The molecule has 1 nitrogen and oxygen atoms in total. The van der Waals surface area contributed by atoms with Gasteiger partial charge in [-0.05, 0) is 60.8 Å². The minimum absolute atomic E-state index is 0.185. The number of halogens is 2. The summed E-state index contributed by atoms with van der Waals surface area (Å²) in [7, 11) is 0. The second-order valence-electron chi connectivity index (χ2n) is 5.18. The van der Waals surface area contributed by atoms with Gasteiger partial charge in [-0.3, -0.25) is 0 Å². The van der Waals surface area contributed by atoms with Gasteiger partial charge in [0.05, 0.1) is 5.02 Å². The summed E-state index contributed by atoms with van der Waals surface area (Å²) in [4.78, 5) is 1.15. The summed E-state index contributed by atoms with van der Waals surface area (Å²) < 4.78 is 13.3. The molecule has 4 heteroatoms. The number of nitrogens with one attached hydrogen (secondary N) is 1. The Morgan fingerprint density at radius 3 is 2.86 bits per heavy atom. The highest BCUT2D eigenvalue weighted by atomic mass is 35.5. The Hall–Kier alpha value is -1.03. The predicted molar refractivity (Wildman–Crippen MR) is 87.7 cm³/mol. The van der Waals surface area contributed by atoms with Gasteiger partial charge in [0.15, 0.2) is 0 Å². The van der Waals surface area contributed by atoms with Gasteiger partial charge in [-0.1, -0.05) is 29.8 Å². The molecule has 0 spiro atoms. The standard InChI is InChI=1S/C17H17ClFNS/c18-16-5-4-13-6-8-20-9-7-15(13)17(16)21-11-12-2-1-3-14(19)10-12/h1-5,10,20H,6-9,11H2. The molecule has 1 heterocycles. The van der Waals surface area contributed by atoms with Crippen LogP contribution in [0.25, 0.3) is 0 Å². The molecule has 1 N–H and O–H groups in total. The van der Waals surface area contributed by atoms with E-state index in [1.807, 2.05) is 12.1 Å². The molecule has 0 atom stereocenters. The van der Waals surface area contributed by atoms with E-state index in [9.17, 15) is 4.39 Å². The summed E-state index contributed by atoms with van der Waals surface area (Å²) in [5.41, 5.74) is 3.72. The highest BCUT2D eigenvalue weighted by Gasteiger charge is 2.15. The van der Waals surface area contributed by atoms with Crippen LogP contribution in [-0.4, -0.2) is 13.1 Å². The number of hydrogen-bond acceptors (Lipinski definition) is 2. The molecule has 0 amide bonds. The van der Waals surface area contributed by atoms with Crippen LogP contribution in [0.4, 0.5) is 4.39 Å². The van der Waals surface area contributed by atoms with E-state index in [2.05, 4.69) is 11.4 Å². The van der Waals surface area contributed by atoms with E-state index in [1.165, 1.54) is 17.2 Å². The molecule has 0 saturated carbocycles. The zero-order valence-corrected chi connectivity index (χ0v) is 13.2. The van der Waals surface area contributed by atoms with Crippen LogP contribution in [0.1, 0.15) is 16.7 Å². The molecule has 3 rings (SSSR count). The van der Waals surface area contributed by atoms with E-state index in [1.54, 1.807) is 23.9 Å². The Bertz CT molecular complexity index is 645. The van der Waals surface area contributed by atoms with Gasteiger partial charge in [0.25, 0.3) is 0 Å². The third kappa shape index (κ3) is 3.60. The molecule has 0 aliphatic carbocycles. The maximum absolute atomic E-state index is 13.3. The smallest absolute Gasteiger partial charge is 0.123 e. The zero-order valence-electron chi connectivity index (χ0n) is 11.7. The van der Waals surface area contributed by atoms with Crippen molar-refractivity contribution in [3.8, 4) is 0 Å². The maximum atomic E-state index is 13.3. The minimum atomic E-state index is -0.185. The van der Waals surface area contributed by atoms with Gasteiger partial charge in [0.2, 0.25) is 0 Å². The SMILES string of the molecule is Fc1cccc(CSc2c(Cl)ccc3c2CCNCC3)c1. The third-order valence-corrected chi connectivity index (χ3v) is 5.36. The van der Waals surface area contributed by atoms with Crippen LogP contribution >= 0.6 is 23.4 Å². The van der Waals surface area contributed by atoms with E-state index in [0.717, 1.165) is 47.2 Å². The lowest BCUT2D eigenvalue weighted by Crippen LogP contribution is -2.16. The van der Waals surface area contributed by atoms with E-state index in [-0.39, 0.29) is 5.82 Å². The second-order valence-corrected chi connectivity index (χ2v) is 6.58. The number of thioether (sulfide) groups is 1. The summed E-state index contributed by atoms with van der Waals surface area (Å²) in [6.45, 7) is 2.00. The van der Waals surface area contributed by atoms with Gasteiger partial charge in [-0.25, -0.2) is 4.39 Å². The van der Waals surface area contributed by atoms with E-state index in [0.29, 0.717) is 0 Å². The van der Waals surface area contributed by atoms with Crippen LogP contribution in [0.3, 0.4) is 0 Å². The number of fused-ring (bicyclic) bond motifs is 1. The first kappa shape index (κ1) is 14.9. The van der Waals surface area contributed by atoms with Crippen molar-refractivity contribution in [2.24, 2.45) is 0 Å². The van der Waals surface area contributed by atoms with Crippen molar-refractivity contribution in [3.05, 3.63) is 63.9 Å². The highest BCUT2D eigenvalue weighted by Crippen LogP contribution is 2.36. The fourth-order valence-corrected chi connectivity index (χ4v) is 4.09. The quantitative estimate of drug-likeness (QED) is 0.838. The molecular formula is C17H17ClFNS. The van der Waals surface area contributed by atoms with Crippen molar-refractivity contribution in [3.63, 3.8) is 0 Å². The Kier molecular flexibility index (Phi) is 4.84. The van der Waals surface area contributed by atoms with Crippen LogP contribution in [0, 0.1) is 5.82 Å². The second kappa shape index (κ2) is 6.82. The lowest BCUT2D eigenvalue weighted by Gasteiger charge is -2.14. The lowest BCUT2D eigenvalue weighted by atomic mass is 10.0. The van der Waals surface area contributed by atoms with Gasteiger partial charge in [0.1, 0.15) is 5.82 Å². The molecule has 0 radical (unpaired) electrons. The number of benzene rings is 2. The van der Waals surface area contributed by atoms with Gasteiger partial charge in [-0.2, -0.15) is 0 Å². The Morgan fingerprint density at radius 2 is 2.00 bits per heavy atom. The molecule has 0 saturated heterocycles. The van der Waals surface area contributed by atoms with Crippen LogP contribution in [0.5, 0.6) is 0 Å². The minimum Gasteiger partial charge on any atom is -0.316 e. The number of hydrogen-bond donors (Lipinski definition) is 1. The first-order chi connectivity index (χ1) is 10.2. The van der Waals surface area contributed by atoms with Gasteiger partial charge in [-0.15, -0.1) is 11.8 Å². The topological polar surface area (TPSA) is 12.0 Å². The zero-order chi connectivity index (χ0) is 14.7. The normalized spacial score (nSPS) is 14.6. The van der Waals surface area contributed by atoms with Crippen molar-refractivity contribution in [2.45, 2.75) is 23.5 Å². The summed E-state index contributed by atoms with van der Waals surface area (Å²) in [6.07, 6.45) is 2.04. The monoisotopic (exact) mass is 321 g/mol. The molecule has 2 aromatic rings. The molecule has 2 aromatic carbocycles. The van der Waals surface area contributed by atoms with Crippen molar-refractivity contribution in [2.75, 3.05) is 13.1 Å². The van der Waals surface area contributed by atoms with E-state index >= 15 is 0 Å². The Labute approximate surface area is 133 Å². The fourth-order valence-electron chi connectivity index (χ4n) is 2.65. The molecule has 110 valence electrons. The average Bonchev–Trinajstić information content (AvgIpc) is 2.72. The van der Waals surface area contributed by atoms with Crippen LogP contribution in [0.15, 0.2) is 41.3 Å². The molecule has 0 unspecified atom stereocenters. The first-order valence-electron chi connectivity index (χ1n) is 7.12. The lowest BCUT2D eigenvalue weighted by molar-refractivity contribution is 0.626. The summed E-state index contributed by atoms with van der Waals surface area (Å²) >= 11 is 8.10. The van der Waals surface area contributed by atoms with Crippen LogP contribution in [0.2, 0.25) is 5.02 Å². The van der Waals surface area contributed by atoms with Crippen LogP contribution < -0.4 is 5.32 Å². The molecule has 0 aromatic heterocycles. The van der Waals surface area contributed by atoms with Crippen molar-refractivity contribution in [1.29, 1.82) is 0 Å². The first-order valence-corrected chi connectivity index (χ1v) is 8.48. The van der Waals surface area contributed by atoms with E-state index < -0.39 is 0 Å². The van der Waals surface area contributed by atoms with Gasteiger partial charge >= 0.3 is 0 Å². The number of rotatable bonds is 3.